The van der Waals surface area contributed by atoms with Gasteiger partial charge in [-0.15, -0.1) is 10.2 Å². The summed E-state index contributed by atoms with van der Waals surface area (Å²) < 4.78 is 0. The average molecular weight is 397 g/mol. The molecule has 0 radical (unpaired) electrons. The lowest BCUT2D eigenvalue weighted by Gasteiger charge is -2.11. The minimum Gasteiger partial charge on any atom is -0.478 e. The molecule has 4 rings (SSSR count). The zero-order valence-corrected chi connectivity index (χ0v) is 16.5. The molecule has 4 aromatic rings. The van der Waals surface area contributed by atoms with Crippen molar-refractivity contribution in [3.05, 3.63) is 82.7 Å². The quantitative estimate of drug-likeness (QED) is 0.517. The molecule has 148 valence electrons. The number of pyridine rings is 1. The predicted molar refractivity (Wildman–Crippen MR) is 115 cm³/mol. The van der Waals surface area contributed by atoms with Crippen LogP contribution in [0.25, 0.3) is 34.7 Å². The molecule has 0 aliphatic carbocycles. The van der Waals surface area contributed by atoms with Crippen molar-refractivity contribution >= 4 is 18.1 Å². The number of rotatable bonds is 5. The van der Waals surface area contributed by atoms with Crippen molar-refractivity contribution in [2.45, 2.75) is 13.8 Å². The summed E-state index contributed by atoms with van der Waals surface area (Å²) in [6.07, 6.45) is 7.52. The standard InChI is InChI=1S/C23H19N5O2/c1-14-8-19(17-4-3-5-18(11-17)23(29)30)9-15(2)21(14)7-6-16-10-20(13-24-12-16)22-25-27-28-26-22/h3-13H,1-2H3,(H,29,30)(H,25,26,27,28)/b7-6+. The van der Waals surface area contributed by atoms with Gasteiger partial charge in [-0.2, -0.15) is 5.21 Å². The molecule has 2 N–H and O–H groups in total. The zero-order chi connectivity index (χ0) is 21.1. The maximum absolute atomic E-state index is 11.3. The van der Waals surface area contributed by atoms with Crippen molar-refractivity contribution in [2.24, 2.45) is 0 Å². The van der Waals surface area contributed by atoms with Crippen molar-refractivity contribution in [3.8, 4) is 22.5 Å². The Kier molecular flexibility index (Phi) is 5.17. The van der Waals surface area contributed by atoms with Gasteiger partial charge in [0.1, 0.15) is 0 Å². The molecular weight excluding hydrogens is 378 g/mol. The number of H-pyrrole nitrogens is 1. The van der Waals surface area contributed by atoms with Crippen LogP contribution in [-0.4, -0.2) is 36.7 Å². The smallest absolute Gasteiger partial charge is 0.335 e. The Morgan fingerprint density at radius 1 is 0.967 bits per heavy atom. The Hall–Kier alpha value is -4.13. The number of carboxylic acid groups (broad SMARTS) is 1. The van der Waals surface area contributed by atoms with Gasteiger partial charge in [0, 0.05) is 18.0 Å². The third-order valence-corrected chi connectivity index (χ3v) is 4.84. The number of aromatic amines is 1. The first-order valence-electron chi connectivity index (χ1n) is 9.33. The van der Waals surface area contributed by atoms with Gasteiger partial charge in [0.15, 0.2) is 0 Å². The van der Waals surface area contributed by atoms with Crippen molar-refractivity contribution < 1.29 is 9.90 Å². The molecule has 0 spiro atoms. The minimum absolute atomic E-state index is 0.278. The lowest BCUT2D eigenvalue weighted by molar-refractivity contribution is 0.0697. The van der Waals surface area contributed by atoms with E-state index in [9.17, 15) is 9.90 Å². The van der Waals surface area contributed by atoms with E-state index in [-0.39, 0.29) is 5.56 Å². The van der Waals surface area contributed by atoms with Crippen molar-refractivity contribution in [2.75, 3.05) is 0 Å². The first-order valence-corrected chi connectivity index (χ1v) is 9.33. The van der Waals surface area contributed by atoms with Gasteiger partial charge < -0.3 is 5.11 Å². The number of aromatic nitrogens is 5. The molecule has 7 heteroatoms. The molecule has 0 atom stereocenters. The highest BCUT2D eigenvalue weighted by Crippen LogP contribution is 2.27. The molecule has 2 aromatic carbocycles. The van der Waals surface area contributed by atoms with Crippen LogP contribution in [0.15, 0.2) is 54.9 Å². The molecule has 2 aromatic heterocycles. The van der Waals surface area contributed by atoms with Crippen LogP contribution < -0.4 is 0 Å². The summed E-state index contributed by atoms with van der Waals surface area (Å²) in [6.45, 7) is 4.09. The Morgan fingerprint density at radius 3 is 2.47 bits per heavy atom. The van der Waals surface area contributed by atoms with E-state index in [1.54, 1.807) is 30.6 Å². The number of aryl methyl sites for hydroxylation is 2. The van der Waals surface area contributed by atoms with E-state index >= 15 is 0 Å². The summed E-state index contributed by atoms with van der Waals surface area (Å²) in [5.74, 6) is -0.431. The number of aromatic carboxylic acids is 1. The number of carboxylic acids is 1. The molecule has 7 nitrogen and oxygen atoms in total. The first-order chi connectivity index (χ1) is 14.5. The first kappa shape index (κ1) is 19.2. The Labute approximate surface area is 173 Å². The molecule has 0 aliphatic rings. The summed E-state index contributed by atoms with van der Waals surface area (Å²) in [5.41, 5.74) is 7.18. The molecule has 0 amide bonds. The van der Waals surface area contributed by atoms with Gasteiger partial charge >= 0.3 is 5.97 Å². The lowest BCUT2D eigenvalue weighted by atomic mass is 9.94. The van der Waals surface area contributed by atoms with Crippen LogP contribution in [0.4, 0.5) is 0 Å². The molecule has 0 saturated carbocycles. The van der Waals surface area contributed by atoms with Gasteiger partial charge in [0.25, 0.3) is 0 Å². The second-order valence-electron chi connectivity index (χ2n) is 6.99. The summed E-state index contributed by atoms with van der Waals surface area (Å²) in [4.78, 5) is 15.5. The van der Waals surface area contributed by atoms with Gasteiger partial charge in [-0.25, -0.2) is 4.79 Å². The Balaban J connectivity index is 1.64. The van der Waals surface area contributed by atoms with Gasteiger partial charge in [-0.3, -0.25) is 4.98 Å². The van der Waals surface area contributed by atoms with Gasteiger partial charge in [-0.1, -0.05) is 36.4 Å². The average Bonchev–Trinajstić information content (AvgIpc) is 3.28. The Bertz CT molecular complexity index is 1220. The van der Waals surface area contributed by atoms with E-state index in [1.165, 1.54) is 0 Å². The number of benzene rings is 2. The third kappa shape index (κ3) is 4.00. The lowest BCUT2D eigenvalue weighted by Crippen LogP contribution is -1.96. The van der Waals surface area contributed by atoms with Crippen LogP contribution in [0.5, 0.6) is 0 Å². The van der Waals surface area contributed by atoms with Gasteiger partial charge in [0.2, 0.25) is 5.82 Å². The van der Waals surface area contributed by atoms with Gasteiger partial charge in [-0.05, 0) is 70.6 Å². The van der Waals surface area contributed by atoms with Crippen LogP contribution in [0.3, 0.4) is 0 Å². The minimum atomic E-state index is -0.929. The maximum Gasteiger partial charge on any atom is 0.335 e. The highest BCUT2D eigenvalue weighted by Gasteiger charge is 2.08. The highest BCUT2D eigenvalue weighted by atomic mass is 16.4. The number of hydrogen-bond donors (Lipinski definition) is 2. The topological polar surface area (TPSA) is 105 Å². The largest absolute Gasteiger partial charge is 0.478 e. The molecule has 0 fully saturated rings. The molecule has 30 heavy (non-hydrogen) atoms. The van der Waals surface area contributed by atoms with Crippen LogP contribution in [-0.2, 0) is 0 Å². The third-order valence-electron chi connectivity index (χ3n) is 4.84. The number of tetrazole rings is 1. The molecule has 0 unspecified atom stereocenters. The van der Waals surface area contributed by atoms with Gasteiger partial charge in [0.05, 0.1) is 5.56 Å². The number of nitrogens with one attached hydrogen (secondary N) is 1. The maximum atomic E-state index is 11.3. The van der Waals surface area contributed by atoms with E-state index in [4.69, 9.17) is 0 Å². The van der Waals surface area contributed by atoms with Crippen LogP contribution in [0, 0.1) is 13.8 Å². The normalized spacial score (nSPS) is 11.1. The molecule has 0 aliphatic heterocycles. The fourth-order valence-electron chi connectivity index (χ4n) is 3.37. The fourth-order valence-corrected chi connectivity index (χ4v) is 3.37. The van der Waals surface area contributed by atoms with Crippen LogP contribution in [0.2, 0.25) is 0 Å². The molecule has 2 heterocycles. The summed E-state index contributed by atoms with van der Waals surface area (Å²) in [7, 11) is 0. The number of carbonyl (C=O) groups is 1. The van der Waals surface area contributed by atoms with Crippen LogP contribution in [0.1, 0.15) is 32.6 Å². The zero-order valence-electron chi connectivity index (χ0n) is 16.5. The molecule has 0 saturated heterocycles. The number of hydrogen-bond acceptors (Lipinski definition) is 5. The van der Waals surface area contributed by atoms with Crippen molar-refractivity contribution in [1.82, 2.24) is 25.6 Å². The predicted octanol–water partition coefficient (Wildman–Crippen LogP) is 4.41. The van der Waals surface area contributed by atoms with E-state index in [1.807, 2.05) is 32.1 Å². The number of nitrogens with zero attached hydrogens (tertiary/aromatic N) is 4. The van der Waals surface area contributed by atoms with Crippen molar-refractivity contribution in [3.63, 3.8) is 0 Å². The highest BCUT2D eigenvalue weighted by molar-refractivity contribution is 5.89. The van der Waals surface area contributed by atoms with E-state index in [0.717, 1.165) is 38.9 Å². The monoisotopic (exact) mass is 397 g/mol. The van der Waals surface area contributed by atoms with E-state index < -0.39 is 5.97 Å². The molecule has 0 bridgehead atoms. The van der Waals surface area contributed by atoms with Crippen molar-refractivity contribution in [1.29, 1.82) is 0 Å². The summed E-state index contributed by atoms with van der Waals surface area (Å²) >= 11 is 0. The second kappa shape index (κ2) is 8.08. The van der Waals surface area contributed by atoms with E-state index in [2.05, 4.69) is 43.8 Å². The summed E-state index contributed by atoms with van der Waals surface area (Å²) in [6, 6.07) is 13.1. The van der Waals surface area contributed by atoms with E-state index in [0.29, 0.717) is 5.82 Å². The van der Waals surface area contributed by atoms with Crippen LogP contribution >= 0.6 is 0 Å². The SMILES string of the molecule is Cc1cc(-c2cccc(C(=O)O)c2)cc(C)c1/C=C/c1cncc(-c2nn[nH]n2)c1. The molecular formula is C23H19N5O2. The second-order valence-corrected chi connectivity index (χ2v) is 6.99. The fraction of sp³-hybridized carbons (Fsp3) is 0.0870. The summed E-state index contributed by atoms with van der Waals surface area (Å²) in [5, 5.41) is 23.2. The Morgan fingerprint density at radius 2 is 1.77 bits per heavy atom.